The highest BCUT2D eigenvalue weighted by Gasteiger charge is 2.40. The van der Waals surface area contributed by atoms with Crippen molar-refractivity contribution in [2.24, 2.45) is 0 Å². The molecule has 2 rings (SSSR count). The molecule has 1 amide bonds. The maximum Gasteiger partial charge on any atom is 0.407 e. The van der Waals surface area contributed by atoms with Crippen molar-refractivity contribution >= 4 is 6.09 Å². The van der Waals surface area contributed by atoms with Crippen LogP contribution in [0.3, 0.4) is 0 Å². The number of alkyl carbamates (subject to hydrolysis) is 1. The Morgan fingerprint density at radius 1 is 1.21 bits per heavy atom. The lowest BCUT2D eigenvalue weighted by molar-refractivity contribution is -0.143. The van der Waals surface area contributed by atoms with Gasteiger partial charge in [0, 0.05) is 19.0 Å². The van der Waals surface area contributed by atoms with Crippen LogP contribution in [0.1, 0.15) is 32.3 Å². The van der Waals surface area contributed by atoms with Gasteiger partial charge in [0.05, 0.1) is 12.6 Å². The monoisotopic (exact) mass is 344 g/mol. The molecule has 2 unspecified atom stereocenters. The van der Waals surface area contributed by atoms with Gasteiger partial charge in [-0.25, -0.2) is 4.79 Å². The Morgan fingerprint density at radius 2 is 1.83 bits per heavy atom. The number of amides is 1. The van der Waals surface area contributed by atoms with Crippen molar-refractivity contribution in [1.82, 2.24) is 10.2 Å². The molecule has 0 spiro atoms. The van der Waals surface area contributed by atoms with Crippen LogP contribution in [0.5, 0.6) is 0 Å². The number of ether oxygens (including phenoxy) is 1. The molecule has 4 nitrogen and oxygen atoms in total. The molecule has 1 fully saturated rings. The number of nitrogens with one attached hydrogen (secondary N) is 1. The Labute approximate surface area is 140 Å². The summed E-state index contributed by atoms with van der Waals surface area (Å²) >= 11 is 0. The van der Waals surface area contributed by atoms with Gasteiger partial charge in [0.25, 0.3) is 0 Å². The molecule has 1 saturated heterocycles. The van der Waals surface area contributed by atoms with Crippen LogP contribution in [0.15, 0.2) is 30.3 Å². The summed E-state index contributed by atoms with van der Waals surface area (Å²) in [4.78, 5) is 13.3. The molecule has 1 N–H and O–H groups in total. The minimum Gasteiger partial charge on any atom is -0.444 e. The summed E-state index contributed by atoms with van der Waals surface area (Å²) in [5.74, 6) is -0.207. The van der Waals surface area contributed by atoms with Crippen molar-refractivity contribution < 1.29 is 22.7 Å². The summed E-state index contributed by atoms with van der Waals surface area (Å²) in [6, 6.07) is 8.84. The number of rotatable bonds is 3. The highest BCUT2D eigenvalue weighted by Crippen LogP contribution is 2.30. The van der Waals surface area contributed by atoms with Crippen molar-refractivity contribution in [2.75, 3.05) is 19.6 Å². The molecule has 2 atom stereocenters. The SMILES string of the molecule is CC(C)(C)OC(=O)NC1CN(CC(F)(F)F)CC1c1ccccc1. The van der Waals surface area contributed by atoms with Gasteiger partial charge in [0.1, 0.15) is 5.60 Å². The largest absolute Gasteiger partial charge is 0.444 e. The molecule has 1 aromatic rings. The van der Waals surface area contributed by atoms with Crippen molar-refractivity contribution in [3.05, 3.63) is 35.9 Å². The smallest absolute Gasteiger partial charge is 0.407 e. The molecule has 0 aromatic heterocycles. The third-order valence-corrected chi connectivity index (χ3v) is 3.73. The first-order valence-corrected chi connectivity index (χ1v) is 7.87. The van der Waals surface area contributed by atoms with E-state index in [4.69, 9.17) is 4.74 Å². The average Bonchev–Trinajstić information content (AvgIpc) is 2.77. The molecular formula is C17H23F3N2O2. The van der Waals surface area contributed by atoms with E-state index in [1.54, 1.807) is 20.8 Å². The topological polar surface area (TPSA) is 41.6 Å². The fourth-order valence-electron chi connectivity index (χ4n) is 2.91. The summed E-state index contributed by atoms with van der Waals surface area (Å²) in [6.45, 7) is 4.62. The first-order valence-electron chi connectivity index (χ1n) is 7.87. The van der Waals surface area contributed by atoms with Crippen molar-refractivity contribution in [1.29, 1.82) is 0 Å². The summed E-state index contributed by atoms with van der Waals surface area (Å²) in [7, 11) is 0. The summed E-state index contributed by atoms with van der Waals surface area (Å²) in [5, 5.41) is 2.73. The molecule has 0 bridgehead atoms. The van der Waals surface area contributed by atoms with E-state index in [0.717, 1.165) is 5.56 Å². The van der Waals surface area contributed by atoms with Crippen LogP contribution in [-0.4, -0.2) is 48.4 Å². The highest BCUT2D eigenvalue weighted by molar-refractivity contribution is 5.68. The second kappa shape index (κ2) is 7.01. The van der Waals surface area contributed by atoms with E-state index in [1.165, 1.54) is 4.90 Å². The maximum atomic E-state index is 12.7. The van der Waals surface area contributed by atoms with Gasteiger partial charge < -0.3 is 10.1 Å². The number of hydrogen-bond acceptors (Lipinski definition) is 3. The van der Waals surface area contributed by atoms with Crippen LogP contribution in [0, 0.1) is 0 Å². The zero-order valence-corrected chi connectivity index (χ0v) is 14.1. The lowest BCUT2D eigenvalue weighted by atomic mass is 9.94. The molecular weight excluding hydrogens is 321 g/mol. The van der Waals surface area contributed by atoms with Gasteiger partial charge in [-0.3, -0.25) is 4.90 Å². The van der Waals surface area contributed by atoms with E-state index in [0.29, 0.717) is 0 Å². The molecule has 7 heteroatoms. The predicted octanol–water partition coefficient (Wildman–Crippen LogP) is 3.54. The fourth-order valence-corrected chi connectivity index (χ4v) is 2.91. The number of alkyl halides is 3. The van der Waals surface area contributed by atoms with Crippen LogP contribution in [0.4, 0.5) is 18.0 Å². The Balaban J connectivity index is 2.11. The number of nitrogens with zero attached hydrogens (tertiary/aromatic N) is 1. The van der Waals surface area contributed by atoms with Gasteiger partial charge >= 0.3 is 12.3 Å². The third-order valence-electron chi connectivity index (χ3n) is 3.73. The van der Waals surface area contributed by atoms with Crippen LogP contribution in [-0.2, 0) is 4.74 Å². The number of carbonyl (C=O) groups is 1. The van der Waals surface area contributed by atoms with Crippen molar-refractivity contribution in [2.45, 2.75) is 44.5 Å². The van der Waals surface area contributed by atoms with Crippen molar-refractivity contribution in [3.63, 3.8) is 0 Å². The van der Waals surface area contributed by atoms with Gasteiger partial charge in [0.2, 0.25) is 0 Å². The predicted molar refractivity (Wildman–Crippen MR) is 84.8 cm³/mol. The Morgan fingerprint density at radius 3 is 2.38 bits per heavy atom. The van der Waals surface area contributed by atoms with Crippen LogP contribution in [0.25, 0.3) is 0 Å². The van der Waals surface area contributed by atoms with Crippen LogP contribution < -0.4 is 5.32 Å². The summed E-state index contributed by atoms with van der Waals surface area (Å²) in [5.41, 5.74) is 0.250. The molecule has 24 heavy (non-hydrogen) atoms. The average molecular weight is 344 g/mol. The Hall–Kier alpha value is -1.76. The van der Waals surface area contributed by atoms with Crippen LogP contribution in [0.2, 0.25) is 0 Å². The third kappa shape index (κ3) is 5.70. The number of benzene rings is 1. The molecule has 0 radical (unpaired) electrons. The molecule has 1 aliphatic heterocycles. The van der Waals surface area contributed by atoms with Gasteiger partial charge in [0.15, 0.2) is 0 Å². The Kier molecular flexibility index (Phi) is 5.42. The second-order valence-corrected chi connectivity index (χ2v) is 7.08. The normalized spacial score (nSPS) is 22.4. The molecule has 134 valence electrons. The number of likely N-dealkylation sites (tertiary alicyclic amines) is 1. The zero-order valence-electron chi connectivity index (χ0n) is 14.1. The van der Waals surface area contributed by atoms with Gasteiger partial charge in [-0.05, 0) is 26.3 Å². The second-order valence-electron chi connectivity index (χ2n) is 7.08. The van der Waals surface area contributed by atoms with Crippen molar-refractivity contribution in [3.8, 4) is 0 Å². The van der Waals surface area contributed by atoms with Gasteiger partial charge in [-0.2, -0.15) is 13.2 Å². The zero-order chi connectivity index (χ0) is 18.0. The molecule has 0 saturated carbocycles. The lowest BCUT2D eigenvalue weighted by Gasteiger charge is -2.24. The molecule has 1 aromatic carbocycles. The number of carbonyl (C=O) groups excluding carboxylic acids is 1. The minimum atomic E-state index is -4.26. The Bertz CT molecular complexity index is 555. The first kappa shape index (κ1) is 18.6. The summed E-state index contributed by atoms with van der Waals surface area (Å²) < 4.78 is 43.3. The molecule has 0 aliphatic carbocycles. The van der Waals surface area contributed by atoms with E-state index >= 15 is 0 Å². The first-order chi connectivity index (χ1) is 11.0. The van der Waals surface area contributed by atoms with E-state index in [9.17, 15) is 18.0 Å². The number of halogens is 3. The summed E-state index contributed by atoms with van der Waals surface area (Å²) in [6.07, 6.45) is -4.87. The standard InChI is InChI=1S/C17H23F3N2O2/c1-16(2,3)24-15(23)21-14-10-22(11-17(18,19)20)9-13(14)12-7-5-4-6-8-12/h4-8,13-14H,9-11H2,1-3H3,(H,21,23). The van der Waals surface area contributed by atoms with Gasteiger partial charge in [-0.15, -0.1) is 0 Å². The van der Waals surface area contributed by atoms with E-state index < -0.39 is 30.5 Å². The fraction of sp³-hybridized carbons (Fsp3) is 0.588. The van der Waals surface area contributed by atoms with E-state index in [1.807, 2.05) is 30.3 Å². The number of hydrogen-bond donors (Lipinski definition) is 1. The van der Waals surface area contributed by atoms with E-state index in [-0.39, 0.29) is 19.0 Å². The van der Waals surface area contributed by atoms with Crippen LogP contribution >= 0.6 is 0 Å². The molecule has 1 heterocycles. The van der Waals surface area contributed by atoms with Gasteiger partial charge in [-0.1, -0.05) is 30.3 Å². The lowest BCUT2D eigenvalue weighted by Crippen LogP contribution is -2.43. The maximum absolute atomic E-state index is 12.7. The van der Waals surface area contributed by atoms with E-state index in [2.05, 4.69) is 5.32 Å². The highest BCUT2D eigenvalue weighted by atomic mass is 19.4. The molecule has 1 aliphatic rings. The minimum absolute atomic E-state index is 0.137. The quantitative estimate of drug-likeness (QED) is 0.912.